The molecule has 0 radical (unpaired) electrons. The third-order valence-corrected chi connectivity index (χ3v) is 12.0. The smallest absolute Gasteiger partial charge is 0.148 e. The van der Waals surface area contributed by atoms with Crippen LogP contribution in [0.1, 0.15) is 24.8 Å². The van der Waals surface area contributed by atoms with Gasteiger partial charge in [0.05, 0.1) is 11.7 Å². The second-order valence-corrected chi connectivity index (χ2v) is 16.0. The van der Waals surface area contributed by atoms with Gasteiger partial charge in [-0.1, -0.05) is 147 Å². The van der Waals surface area contributed by atoms with Crippen LogP contribution in [0.3, 0.4) is 0 Å². The van der Waals surface area contributed by atoms with Gasteiger partial charge in [0.1, 0.15) is 23.1 Å². The molecule has 1 unspecified atom stereocenters. The van der Waals surface area contributed by atoms with Crippen molar-refractivity contribution in [3.63, 3.8) is 0 Å². The van der Waals surface area contributed by atoms with E-state index < -0.39 is 0 Å². The number of anilines is 3. The van der Waals surface area contributed by atoms with Crippen LogP contribution in [0.25, 0.3) is 49.7 Å². The molecular formula is C58H45FN2O2. The maximum absolute atomic E-state index is 17.0. The third-order valence-electron chi connectivity index (χ3n) is 12.0. The van der Waals surface area contributed by atoms with Gasteiger partial charge in [0.15, 0.2) is 0 Å². The molecule has 0 saturated carbocycles. The van der Waals surface area contributed by atoms with Gasteiger partial charge in [0.25, 0.3) is 0 Å². The zero-order valence-corrected chi connectivity index (χ0v) is 34.8. The summed E-state index contributed by atoms with van der Waals surface area (Å²) in [7, 11) is 0. The van der Waals surface area contributed by atoms with Gasteiger partial charge >= 0.3 is 0 Å². The Bertz CT molecular complexity index is 3070. The molecule has 63 heavy (non-hydrogen) atoms. The van der Waals surface area contributed by atoms with Crippen molar-refractivity contribution in [3.8, 4) is 44.9 Å². The van der Waals surface area contributed by atoms with Crippen molar-refractivity contribution in [2.45, 2.75) is 25.3 Å². The van der Waals surface area contributed by atoms with Gasteiger partial charge < -0.3 is 19.6 Å². The van der Waals surface area contributed by atoms with Crippen LogP contribution >= 0.6 is 0 Å². The number of aromatic hydroxyl groups is 1. The van der Waals surface area contributed by atoms with E-state index in [9.17, 15) is 5.11 Å². The Balaban J connectivity index is 1.02. The minimum absolute atomic E-state index is 0.140. The van der Waals surface area contributed by atoms with E-state index in [0.717, 1.165) is 86.1 Å². The van der Waals surface area contributed by atoms with E-state index in [0.29, 0.717) is 28.5 Å². The Morgan fingerprint density at radius 1 is 0.683 bits per heavy atom. The minimum atomic E-state index is -0.389. The predicted molar refractivity (Wildman–Crippen MR) is 259 cm³/mol. The van der Waals surface area contributed by atoms with Crippen LogP contribution in [0.2, 0.25) is 0 Å². The summed E-state index contributed by atoms with van der Waals surface area (Å²) >= 11 is 0. The number of ether oxygens (including phenoxy) is 1. The molecule has 10 rings (SSSR count). The number of allylic oxidation sites excluding steroid dienone is 7. The molecule has 2 aliphatic carbocycles. The standard InChI is InChI=1S/C58H45FN2O2/c1-39(60(44-23-12-5-13-24-44)58-52(42-21-10-4-11-22-42)36-43(37-53(58)59)41-19-8-3-9-20-41)35-56-40(2)48-29-18-30-51-49(33-34-55(63-56)57(48)51)50-32-31-47(38-54(50)62)61(45-25-14-6-15-26-45)46-27-16-7-17-28-46/h3-6,8-16,18-25,27-38,45,62H,1-2,7,17,26H2/b56-35+. The first-order chi connectivity index (χ1) is 30.9. The Kier molecular flexibility index (Phi) is 10.5. The molecule has 0 saturated heterocycles. The molecule has 1 aliphatic heterocycles. The van der Waals surface area contributed by atoms with Crippen molar-refractivity contribution in [2.75, 3.05) is 9.80 Å². The normalized spacial score (nSPS) is 15.9. The maximum Gasteiger partial charge on any atom is 0.148 e. The maximum atomic E-state index is 17.0. The van der Waals surface area contributed by atoms with E-state index in [2.05, 4.69) is 72.7 Å². The van der Waals surface area contributed by atoms with Crippen LogP contribution < -0.4 is 14.5 Å². The lowest BCUT2D eigenvalue weighted by atomic mass is 9.90. The van der Waals surface area contributed by atoms with E-state index in [-0.39, 0.29) is 17.6 Å². The third kappa shape index (κ3) is 7.48. The first kappa shape index (κ1) is 39.3. The van der Waals surface area contributed by atoms with E-state index in [1.807, 2.05) is 144 Å². The average molecular weight is 821 g/mol. The highest BCUT2D eigenvalue weighted by Gasteiger charge is 2.28. The number of para-hydroxylation sites is 1. The van der Waals surface area contributed by atoms with Crippen LogP contribution in [0.15, 0.2) is 231 Å². The van der Waals surface area contributed by atoms with Gasteiger partial charge in [0, 0.05) is 57.0 Å². The van der Waals surface area contributed by atoms with Gasteiger partial charge in [-0.2, -0.15) is 0 Å². The van der Waals surface area contributed by atoms with Gasteiger partial charge in [-0.05, 0) is 107 Å². The van der Waals surface area contributed by atoms with Crippen molar-refractivity contribution in [1.29, 1.82) is 0 Å². The molecule has 7 aromatic carbocycles. The lowest BCUT2D eigenvalue weighted by Gasteiger charge is -2.34. The summed E-state index contributed by atoms with van der Waals surface area (Å²) in [5.41, 5.74) is 10.1. The molecule has 0 bridgehead atoms. The molecule has 0 aromatic heterocycles. The number of phenols is 1. The second-order valence-electron chi connectivity index (χ2n) is 16.0. The number of benzene rings is 7. The summed E-state index contributed by atoms with van der Waals surface area (Å²) in [6.07, 6.45) is 20.0. The fourth-order valence-corrected chi connectivity index (χ4v) is 9.03. The van der Waals surface area contributed by atoms with Crippen molar-refractivity contribution in [1.82, 2.24) is 0 Å². The van der Waals surface area contributed by atoms with Gasteiger partial charge in [-0.25, -0.2) is 4.39 Å². The monoisotopic (exact) mass is 820 g/mol. The highest BCUT2D eigenvalue weighted by molar-refractivity contribution is 6.09. The lowest BCUT2D eigenvalue weighted by Crippen LogP contribution is -2.33. The summed E-state index contributed by atoms with van der Waals surface area (Å²) in [5.74, 6) is 0.961. The van der Waals surface area contributed by atoms with E-state index in [4.69, 9.17) is 4.74 Å². The van der Waals surface area contributed by atoms with Crippen LogP contribution in [-0.2, 0) is 0 Å². The molecule has 7 aromatic rings. The first-order valence-electron chi connectivity index (χ1n) is 21.4. The summed E-state index contributed by atoms with van der Waals surface area (Å²) in [5, 5.41) is 13.6. The molecule has 5 heteroatoms. The molecule has 0 fully saturated rings. The first-order valence-corrected chi connectivity index (χ1v) is 21.4. The zero-order valence-electron chi connectivity index (χ0n) is 34.8. The molecule has 306 valence electrons. The van der Waals surface area contributed by atoms with Crippen molar-refractivity contribution in [2.24, 2.45) is 0 Å². The molecule has 0 spiro atoms. The fraction of sp³-hybridized carbons (Fsp3) is 0.0690. The molecule has 4 nitrogen and oxygen atoms in total. The average Bonchev–Trinajstić information content (AvgIpc) is 3.33. The second kappa shape index (κ2) is 16.9. The quantitative estimate of drug-likeness (QED) is 0.149. The largest absolute Gasteiger partial charge is 0.507 e. The molecule has 1 N–H and O–H groups in total. The van der Waals surface area contributed by atoms with Crippen LogP contribution in [-0.4, -0.2) is 11.1 Å². The Morgan fingerprint density at radius 2 is 1.43 bits per heavy atom. The molecular weight excluding hydrogens is 776 g/mol. The van der Waals surface area contributed by atoms with Crippen molar-refractivity contribution in [3.05, 3.63) is 242 Å². The highest BCUT2D eigenvalue weighted by atomic mass is 19.1. The van der Waals surface area contributed by atoms with E-state index >= 15 is 4.39 Å². The summed E-state index contributed by atoms with van der Waals surface area (Å²) in [4.78, 5) is 4.16. The summed E-state index contributed by atoms with van der Waals surface area (Å²) in [6, 6.07) is 49.3. The number of phenolic OH excluding ortho intramolecular Hbond substituents is 1. The van der Waals surface area contributed by atoms with Gasteiger partial charge in [-0.3, -0.25) is 0 Å². The number of rotatable bonds is 10. The van der Waals surface area contributed by atoms with Crippen molar-refractivity contribution < 1.29 is 14.2 Å². The Hall–Kier alpha value is -7.89. The Morgan fingerprint density at radius 3 is 2.14 bits per heavy atom. The predicted octanol–water partition coefficient (Wildman–Crippen LogP) is 15.3. The highest BCUT2D eigenvalue weighted by Crippen LogP contribution is 2.48. The summed E-state index contributed by atoms with van der Waals surface area (Å²) in [6.45, 7) is 9.10. The number of nitrogens with zero attached hydrogens (tertiary/aromatic N) is 2. The fourth-order valence-electron chi connectivity index (χ4n) is 9.03. The number of hydrogen-bond donors (Lipinski definition) is 1. The van der Waals surface area contributed by atoms with Gasteiger partial charge in [-0.15, -0.1) is 0 Å². The van der Waals surface area contributed by atoms with Crippen LogP contribution in [0.4, 0.5) is 21.5 Å². The van der Waals surface area contributed by atoms with E-state index in [1.54, 1.807) is 6.07 Å². The van der Waals surface area contributed by atoms with E-state index in [1.165, 1.54) is 0 Å². The summed E-state index contributed by atoms with van der Waals surface area (Å²) < 4.78 is 23.8. The topological polar surface area (TPSA) is 35.9 Å². The SMILES string of the molecule is C=C1/C(=C\C(=C)N(c2ccccc2)c2c(F)cc(-c3ccccc3)cc2-c2ccccc2)Oc2ccc(-c3ccc(N(C4=CCCC=C4)C4C=CC=CC4)cc3O)c3cccc1c23. The Labute approximate surface area is 368 Å². The molecule has 1 atom stereocenters. The molecule has 0 amide bonds. The zero-order chi connectivity index (χ0) is 42.9. The van der Waals surface area contributed by atoms with Crippen LogP contribution in [0, 0.1) is 5.82 Å². The lowest BCUT2D eigenvalue weighted by molar-refractivity contribution is 0.450. The van der Waals surface area contributed by atoms with Gasteiger partial charge in [0.2, 0.25) is 0 Å². The van der Waals surface area contributed by atoms with Crippen LogP contribution in [0.5, 0.6) is 11.5 Å². The minimum Gasteiger partial charge on any atom is -0.507 e. The van der Waals surface area contributed by atoms with Crippen molar-refractivity contribution >= 4 is 33.4 Å². The molecule has 1 heterocycles. The number of halogens is 1. The molecule has 3 aliphatic rings. The number of hydrogen-bond acceptors (Lipinski definition) is 4.